The second kappa shape index (κ2) is 15.7. The molecule has 13 heteroatoms. The van der Waals surface area contributed by atoms with Crippen LogP contribution in [0.15, 0.2) is 0 Å². The largest absolute Gasteiger partial charge is 0.481 e. The molecular formula is C23H41N5O8. The van der Waals surface area contributed by atoms with E-state index in [0.29, 0.717) is 0 Å². The molecule has 0 aliphatic rings. The first-order valence-corrected chi connectivity index (χ1v) is 11.9. The van der Waals surface area contributed by atoms with Crippen molar-refractivity contribution in [1.82, 2.24) is 21.3 Å². The molecule has 0 aromatic rings. The summed E-state index contributed by atoms with van der Waals surface area (Å²) in [6.45, 7) is 10.1. The summed E-state index contributed by atoms with van der Waals surface area (Å²) in [7, 11) is 0. The normalized spacial score (nSPS) is 14.5. The van der Waals surface area contributed by atoms with Gasteiger partial charge in [-0.05, 0) is 30.6 Å². The average molecular weight is 516 g/mol. The van der Waals surface area contributed by atoms with E-state index in [1.54, 1.807) is 27.7 Å². The van der Waals surface area contributed by atoms with Crippen LogP contribution in [0.4, 0.5) is 0 Å². The zero-order valence-corrected chi connectivity index (χ0v) is 21.8. The van der Waals surface area contributed by atoms with E-state index in [-0.39, 0.29) is 24.7 Å². The third-order valence-electron chi connectivity index (χ3n) is 5.12. The summed E-state index contributed by atoms with van der Waals surface area (Å²) in [4.78, 5) is 73.0. The van der Waals surface area contributed by atoms with E-state index >= 15 is 0 Å². The van der Waals surface area contributed by atoms with E-state index in [4.69, 9.17) is 10.8 Å². The molecule has 0 bridgehead atoms. The summed E-state index contributed by atoms with van der Waals surface area (Å²) in [6.07, 6.45) is -0.373. The number of nitrogens with one attached hydrogen (secondary N) is 4. The van der Waals surface area contributed by atoms with Gasteiger partial charge in [-0.25, -0.2) is 4.79 Å². The maximum absolute atomic E-state index is 13.1. The Bertz CT molecular complexity index is 799. The highest BCUT2D eigenvalue weighted by molar-refractivity contribution is 5.96. The first-order valence-electron chi connectivity index (χ1n) is 11.9. The van der Waals surface area contributed by atoms with E-state index in [1.165, 1.54) is 0 Å². The topological polar surface area (TPSA) is 217 Å². The molecule has 0 aliphatic heterocycles. The molecule has 0 rings (SSSR count). The second-order valence-corrected chi connectivity index (χ2v) is 9.87. The summed E-state index contributed by atoms with van der Waals surface area (Å²) in [6, 6.07) is -4.84. The second-order valence-electron chi connectivity index (χ2n) is 9.87. The number of hydrogen-bond acceptors (Lipinski definition) is 7. The molecule has 0 fully saturated rings. The van der Waals surface area contributed by atoms with Gasteiger partial charge < -0.3 is 37.2 Å². The van der Waals surface area contributed by atoms with Crippen molar-refractivity contribution in [3.8, 4) is 0 Å². The van der Waals surface area contributed by atoms with Gasteiger partial charge >= 0.3 is 11.9 Å². The van der Waals surface area contributed by atoms with Crippen LogP contribution in [0.1, 0.15) is 60.8 Å². The quantitative estimate of drug-likeness (QED) is 0.136. The number of carbonyl (C=O) groups excluding carboxylic acids is 4. The first-order chi connectivity index (χ1) is 16.6. The van der Waals surface area contributed by atoms with Crippen LogP contribution in [0.2, 0.25) is 0 Å². The van der Waals surface area contributed by atoms with Gasteiger partial charge in [-0.1, -0.05) is 41.5 Å². The smallest absolute Gasteiger partial charge is 0.326 e. The van der Waals surface area contributed by atoms with Crippen LogP contribution < -0.4 is 27.0 Å². The molecule has 13 nitrogen and oxygen atoms in total. The maximum Gasteiger partial charge on any atom is 0.326 e. The number of carboxylic acid groups (broad SMARTS) is 2. The number of carbonyl (C=O) groups is 6. The Morgan fingerprint density at radius 1 is 0.667 bits per heavy atom. The van der Waals surface area contributed by atoms with Gasteiger partial charge in [0.2, 0.25) is 23.6 Å². The predicted octanol–water partition coefficient (Wildman–Crippen LogP) is -0.808. The Hall–Kier alpha value is -3.22. The molecule has 0 aliphatic carbocycles. The number of rotatable bonds is 16. The van der Waals surface area contributed by atoms with Gasteiger partial charge in [0.15, 0.2) is 0 Å². The van der Waals surface area contributed by atoms with Gasteiger partial charge in [0.25, 0.3) is 0 Å². The van der Waals surface area contributed by atoms with Crippen molar-refractivity contribution < 1.29 is 39.0 Å². The molecule has 0 saturated heterocycles. The number of amides is 4. The van der Waals surface area contributed by atoms with Crippen LogP contribution in [0.3, 0.4) is 0 Å². The standard InChI is InChI=1S/C23H41N5O8/c1-11(2)7-14(26-20(32)15(9-18(30)31)25-17(29)10-24)21(33)28-19(13(5)6)22(34)27-16(23(35)36)8-12(3)4/h11-16,19H,7-10,24H2,1-6H3,(H,25,29)(H,26,32)(H,27,34)(H,28,33)(H,30,31)(H,35,36)/t14-,15-,16-,19-/m0/s1. The lowest BCUT2D eigenvalue weighted by molar-refractivity contribution is -0.143. The Labute approximate surface area is 211 Å². The van der Waals surface area contributed by atoms with Crippen molar-refractivity contribution in [2.45, 2.75) is 85.0 Å². The highest BCUT2D eigenvalue weighted by Crippen LogP contribution is 2.11. The third-order valence-corrected chi connectivity index (χ3v) is 5.12. The molecule has 0 spiro atoms. The summed E-state index contributed by atoms with van der Waals surface area (Å²) in [5, 5.41) is 28.2. The van der Waals surface area contributed by atoms with Crippen LogP contribution in [-0.4, -0.2) is 76.5 Å². The van der Waals surface area contributed by atoms with Gasteiger partial charge in [-0.15, -0.1) is 0 Å². The van der Waals surface area contributed by atoms with Crippen LogP contribution in [0, 0.1) is 17.8 Å². The van der Waals surface area contributed by atoms with Crippen LogP contribution in [-0.2, 0) is 28.8 Å². The molecule has 8 N–H and O–H groups in total. The van der Waals surface area contributed by atoms with Crippen LogP contribution in [0.25, 0.3) is 0 Å². The lowest BCUT2D eigenvalue weighted by atomic mass is 9.98. The summed E-state index contributed by atoms with van der Waals surface area (Å²) >= 11 is 0. The lowest BCUT2D eigenvalue weighted by Gasteiger charge is -2.28. The zero-order chi connectivity index (χ0) is 28.2. The summed E-state index contributed by atoms with van der Waals surface area (Å²) in [5.74, 6) is -6.06. The van der Waals surface area contributed by atoms with Gasteiger partial charge in [-0.3, -0.25) is 24.0 Å². The van der Waals surface area contributed by atoms with Crippen molar-refractivity contribution in [2.24, 2.45) is 23.5 Å². The number of aliphatic carboxylic acids is 2. The number of carboxylic acids is 2. The minimum atomic E-state index is -1.46. The number of hydrogen-bond donors (Lipinski definition) is 7. The Balaban J connectivity index is 5.69. The zero-order valence-electron chi connectivity index (χ0n) is 21.8. The van der Waals surface area contributed by atoms with Gasteiger partial charge in [0.05, 0.1) is 13.0 Å². The van der Waals surface area contributed by atoms with Crippen LogP contribution >= 0.6 is 0 Å². The molecule has 0 radical (unpaired) electrons. The molecule has 0 aromatic heterocycles. The highest BCUT2D eigenvalue weighted by Gasteiger charge is 2.33. The average Bonchev–Trinajstić information content (AvgIpc) is 2.74. The highest BCUT2D eigenvalue weighted by atomic mass is 16.4. The molecule has 206 valence electrons. The molecule has 4 atom stereocenters. The fourth-order valence-corrected chi connectivity index (χ4v) is 3.36. The van der Waals surface area contributed by atoms with Gasteiger partial charge in [0.1, 0.15) is 24.2 Å². The van der Waals surface area contributed by atoms with Crippen LogP contribution in [0.5, 0.6) is 0 Å². The summed E-state index contributed by atoms with van der Waals surface area (Å²) in [5.41, 5.74) is 5.23. The Morgan fingerprint density at radius 2 is 1.14 bits per heavy atom. The van der Waals surface area contributed by atoms with E-state index in [9.17, 15) is 33.9 Å². The molecule has 0 heterocycles. The van der Waals surface area contributed by atoms with Crippen molar-refractivity contribution in [1.29, 1.82) is 0 Å². The SMILES string of the molecule is CC(C)C[C@H](NC(=O)[C@@H](NC(=O)[C@H](CC(C)C)NC(=O)[C@H](CC(=O)O)NC(=O)CN)C(C)C)C(=O)O. The minimum absolute atomic E-state index is 0.00244. The molecule has 36 heavy (non-hydrogen) atoms. The Morgan fingerprint density at radius 3 is 1.56 bits per heavy atom. The molecule has 0 aromatic carbocycles. The minimum Gasteiger partial charge on any atom is -0.481 e. The lowest BCUT2D eigenvalue weighted by Crippen LogP contribution is -2.59. The molecule has 4 amide bonds. The van der Waals surface area contributed by atoms with E-state index in [0.717, 1.165) is 0 Å². The maximum atomic E-state index is 13.1. The van der Waals surface area contributed by atoms with Crippen molar-refractivity contribution >= 4 is 35.6 Å². The fraction of sp³-hybridized carbons (Fsp3) is 0.739. The summed E-state index contributed by atoms with van der Waals surface area (Å²) < 4.78 is 0. The molecule has 0 unspecified atom stereocenters. The van der Waals surface area contributed by atoms with Gasteiger partial charge in [-0.2, -0.15) is 0 Å². The van der Waals surface area contributed by atoms with Crippen molar-refractivity contribution in [3.05, 3.63) is 0 Å². The number of nitrogens with two attached hydrogens (primary N) is 1. The van der Waals surface area contributed by atoms with E-state index < -0.39 is 78.6 Å². The van der Waals surface area contributed by atoms with Gasteiger partial charge in [0, 0.05) is 0 Å². The third kappa shape index (κ3) is 12.5. The Kier molecular flexibility index (Phi) is 14.3. The van der Waals surface area contributed by atoms with E-state index in [1.807, 2.05) is 13.8 Å². The monoisotopic (exact) mass is 515 g/mol. The van der Waals surface area contributed by atoms with Crippen molar-refractivity contribution in [2.75, 3.05) is 6.54 Å². The van der Waals surface area contributed by atoms with Crippen molar-refractivity contribution in [3.63, 3.8) is 0 Å². The first kappa shape index (κ1) is 32.8. The molecule has 0 saturated carbocycles. The predicted molar refractivity (Wildman–Crippen MR) is 130 cm³/mol. The molecular weight excluding hydrogens is 474 g/mol. The fourth-order valence-electron chi connectivity index (χ4n) is 3.36. The van der Waals surface area contributed by atoms with E-state index in [2.05, 4.69) is 21.3 Å².